The Morgan fingerprint density at radius 1 is 0.628 bits per heavy atom. The first-order valence-electron chi connectivity index (χ1n) is 13.2. The van der Waals surface area contributed by atoms with Gasteiger partial charge in [-0.1, -0.05) is 24.3 Å². The molecule has 11 N–H and O–H groups in total. The van der Waals surface area contributed by atoms with E-state index in [0.29, 0.717) is 11.1 Å². The van der Waals surface area contributed by atoms with Crippen molar-refractivity contribution in [2.45, 2.75) is 62.7 Å². The monoisotopic (exact) mass is 601 g/mol. The summed E-state index contributed by atoms with van der Waals surface area (Å²) in [7, 11) is 0. The highest BCUT2D eigenvalue weighted by atomic mass is 16.4. The van der Waals surface area contributed by atoms with Crippen LogP contribution >= 0.6 is 0 Å². The van der Waals surface area contributed by atoms with Crippen LogP contribution < -0.4 is 27.4 Å². The quantitative estimate of drug-likeness (QED) is 0.105. The summed E-state index contributed by atoms with van der Waals surface area (Å²) < 4.78 is 0. The van der Waals surface area contributed by atoms with Crippen LogP contribution in [0, 0.1) is 0 Å². The van der Waals surface area contributed by atoms with Crippen LogP contribution in [0.25, 0.3) is 0 Å². The van der Waals surface area contributed by atoms with Gasteiger partial charge in [0.15, 0.2) is 0 Å². The number of nitrogens with one attached hydrogen (secondary N) is 3. The van der Waals surface area contributed by atoms with Crippen molar-refractivity contribution in [1.82, 2.24) is 16.0 Å². The number of aliphatic carboxylic acids is 2. The first-order valence-corrected chi connectivity index (χ1v) is 13.2. The van der Waals surface area contributed by atoms with Gasteiger partial charge in [-0.3, -0.25) is 24.0 Å². The first-order chi connectivity index (χ1) is 20.2. The number of nitrogens with two attached hydrogens (primary N) is 2. The number of hydrogen-bond donors (Lipinski definition) is 9. The van der Waals surface area contributed by atoms with E-state index >= 15 is 0 Å². The minimum Gasteiger partial charge on any atom is -0.508 e. The lowest BCUT2D eigenvalue weighted by Crippen LogP contribution is -2.58. The molecular weight excluding hydrogens is 566 g/mol. The Balaban J connectivity index is 2.33. The van der Waals surface area contributed by atoms with Gasteiger partial charge in [0.25, 0.3) is 0 Å². The van der Waals surface area contributed by atoms with Gasteiger partial charge in [-0.2, -0.15) is 0 Å². The van der Waals surface area contributed by atoms with Crippen molar-refractivity contribution in [2.24, 2.45) is 11.5 Å². The molecule has 0 saturated heterocycles. The fourth-order valence-electron chi connectivity index (χ4n) is 3.93. The van der Waals surface area contributed by atoms with Crippen LogP contribution in [0.4, 0.5) is 0 Å². The van der Waals surface area contributed by atoms with Crippen molar-refractivity contribution in [3.8, 4) is 11.5 Å². The third-order valence-electron chi connectivity index (χ3n) is 6.32. The van der Waals surface area contributed by atoms with Crippen LogP contribution in [0.3, 0.4) is 0 Å². The molecule has 0 heterocycles. The summed E-state index contributed by atoms with van der Waals surface area (Å²) in [6.45, 7) is 0. The average molecular weight is 602 g/mol. The van der Waals surface area contributed by atoms with E-state index in [2.05, 4.69) is 16.0 Å². The molecule has 4 atom stereocenters. The van der Waals surface area contributed by atoms with Crippen molar-refractivity contribution in [1.29, 1.82) is 0 Å². The summed E-state index contributed by atoms with van der Waals surface area (Å²) in [4.78, 5) is 73.3. The van der Waals surface area contributed by atoms with E-state index in [-0.39, 0.29) is 43.6 Å². The third kappa shape index (κ3) is 12.1. The minimum atomic E-state index is -1.50. The van der Waals surface area contributed by atoms with Gasteiger partial charge < -0.3 is 47.8 Å². The molecule has 0 radical (unpaired) electrons. The predicted molar refractivity (Wildman–Crippen MR) is 150 cm³/mol. The summed E-state index contributed by atoms with van der Waals surface area (Å²) in [5.74, 6) is -6.05. The summed E-state index contributed by atoms with van der Waals surface area (Å²) in [6, 6.07) is 5.95. The van der Waals surface area contributed by atoms with Crippen LogP contribution in [-0.4, -0.2) is 80.2 Å². The topological polar surface area (TPSA) is 271 Å². The fraction of sp³-hybridized carbons (Fsp3) is 0.357. The van der Waals surface area contributed by atoms with Crippen molar-refractivity contribution < 1.29 is 49.2 Å². The standard InChI is InChI=1S/C28H35N5O10/c29-19(9-12-24(37)38)25(39)32-21(13-15-1-5-17(34)6-2-15)27(41)33-22(14-16-3-7-18(35)8-4-16)26(40)31-20(28(42)43)10-11-23(30)36/h1-8,19-22,34-35H,9-14,29H2,(H2,30,36)(H,31,40)(H,32,39)(H,33,41)(H,37,38)(H,42,43). The lowest BCUT2D eigenvalue weighted by molar-refractivity contribution is -0.142. The van der Waals surface area contributed by atoms with Gasteiger partial charge >= 0.3 is 11.9 Å². The van der Waals surface area contributed by atoms with Crippen LogP contribution in [-0.2, 0) is 41.6 Å². The molecule has 15 nitrogen and oxygen atoms in total. The van der Waals surface area contributed by atoms with Crippen LogP contribution in [0.5, 0.6) is 11.5 Å². The molecule has 2 aromatic rings. The van der Waals surface area contributed by atoms with Crippen LogP contribution in [0.2, 0.25) is 0 Å². The van der Waals surface area contributed by atoms with Crippen molar-refractivity contribution in [2.75, 3.05) is 0 Å². The molecule has 0 aromatic heterocycles. The minimum absolute atomic E-state index is 0.0422. The Morgan fingerprint density at radius 3 is 1.44 bits per heavy atom. The molecule has 0 fully saturated rings. The highest BCUT2D eigenvalue weighted by Crippen LogP contribution is 2.14. The molecule has 0 aliphatic rings. The van der Waals surface area contributed by atoms with E-state index in [1.54, 1.807) is 0 Å². The molecule has 43 heavy (non-hydrogen) atoms. The van der Waals surface area contributed by atoms with Crippen LogP contribution in [0.15, 0.2) is 48.5 Å². The van der Waals surface area contributed by atoms with E-state index in [1.165, 1.54) is 48.5 Å². The van der Waals surface area contributed by atoms with E-state index in [9.17, 15) is 44.1 Å². The molecule has 232 valence electrons. The predicted octanol–water partition coefficient (Wildman–Crippen LogP) is -1.12. The number of benzene rings is 2. The molecular formula is C28H35N5O10. The van der Waals surface area contributed by atoms with Gasteiger partial charge in [0.1, 0.15) is 29.6 Å². The molecule has 0 aliphatic heterocycles. The second kappa shape index (κ2) is 16.3. The fourth-order valence-corrected chi connectivity index (χ4v) is 3.93. The lowest BCUT2D eigenvalue weighted by atomic mass is 10.0. The number of carboxylic acids is 2. The largest absolute Gasteiger partial charge is 0.508 e. The number of carboxylic acid groups (broad SMARTS) is 2. The molecule has 2 aromatic carbocycles. The second-order valence-corrected chi connectivity index (χ2v) is 9.81. The van der Waals surface area contributed by atoms with Gasteiger partial charge in [-0.05, 0) is 48.2 Å². The maximum Gasteiger partial charge on any atom is 0.326 e. The number of rotatable bonds is 17. The van der Waals surface area contributed by atoms with E-state index in [0.717, 1.165) is 0 Å². The Labute approximate surface area is 246 Å². The summed E-state index contributed by atoms with van der Waals surface area (Å²) >= 11 is 0. The molecule has 2 rings (SSSR count). The second-order valence-electron chi connectivity index (χ2n) is 9.81. The molecule has 0 aliphatic carbocycles. The van der Waals surface area contributed by atoms with E-state index in [4.69, 9.17) is 16.6 Å². The maximum atomic E-state index is 13.5. The number of phenols is 2. The van der Waals surface area contributed by atoms with Gasteiger partial charge in [0, 0.05) is 25.7 Å². The highest BCUT2D eigenvalue weighted by molar-refractivity contribution is 5.94. The van der Waals surface area contributed by atoms with Gasteiger partial charge in [-0.15, -0.1) is 0 Å². The van der Waals surface area contributed by atoms with Crippen molar-refractivity contribution >= 4 is 35.6 Å². The zero-order valence-electron chi connectivity index (χ0n) is 23.1. The van der Waals surface area contributed by atoms with Crippen molar-refractivity contribution in [3.63, 3.8) is 0 Å². The normalized spacial score (nSPS) is 13.5. The lowest BCUT2D eigenvalue weighted by Gasteiger charge is -2.25. The molecule has 0 saturated carbocycles. The Kier molecular flexibility index (Phi) is 12.9. The maximum absolute atomic E-state index is 13.5. The number of hydrogen-bond acceptors (Lipinski definition) is 9. The zero-order valence-corrected chi connectivity index (χ0v) is 23.1. The molecule has 15 heteroatoms. The van der Waals surface area contributed by atoms with E-state index < -0.39 is 66.2 Å². The summed E-state index contributed by atoms with van der Waals surface area (Å²) in [5, 5.41) is 44.9. The number of carbonyl (C=O) groups is 6. The Hall–Kier alpha value is -5.18. The van der Waals surface area contributed by atoms with Gasteiger partial charge in [0.2, 0.25) is 23.6 Å². The zero-order chi connectivity index (χ0) is 32.1. The smallest absolute Gasteiger partial charge is 0.326 e. The van der Waals surface area contributed by atoms with Gasteiger partial charge in [0.05, 0.1) is 6.04 Å². The summed E-state index contributed by atoms with van der Waals surface area (Å²) in [6.07, 6.45) is -1.49. The number of amides is 4. The van der Waals surface area contributed by atoms with Gasteiger partial charge in [-0.25, -0.2) is 4.79 Å². The number of primary amides is 1. The third-order valence-corrected chi connectivity index (χ3v) is 6.32. The van der Waals surface area contributed by atoms with E-state index in [1.807, 2.05) is 0 Å². The molecule has 0 spiro atoms. The Bertz CT molecular complexity index is 1300. The molecule has 4 unspecified atom stereocenters. The average Bonchev–Trinajstić information content (AvgIpc) is 2.94. The van der Waals surface area contributed by atoms with Crippen LogP contribution in [0.1, 0.15) is 36.8 Å². The molecule has 0 bridgehead atoms. The van der Waals surface area contributed by atoms with Crippen molar-refractivity contribution in [3.05, 3.63) is 59.7 Å². The SMILES string of the molecule is NC(=O)CCC(NC(=O)C(Cc1ccc(O)cc1)NC(=O)C(Cc1ccc(O)cc1)NC(=O)C(N)CCC(=O)O)C(=O)O. The first kappa shape index (κ1) is 34.0. The number of carbonyl (C=O) groups excluding carboxylic acids is 4. The Morgan fingerprint density at radius 2 is 1.05 bits per heavy atom. The molecule has 4 amide bonds. The number of phenolic OH excluding ortho intramolecular Hbond substituents is 2. The summed E-state index contributed by atoms with van der Waals surface area (Å²) in [5.41, 5.74) is 11.9. The highest BCUT2D eigenvalue weighted by Gasteiger charge is 2.31. The number of aromatic hydroxyl groups is 2.